The van der Waals surface area contributed by atoms with Crippen LogP contribution < -0.4 is 4.90 Å². The van der Waals surface area contributed by atoms with Crippen LogP contribution >= 0.6 is 11.6 Å². The van der Waals surface area contributed by atoms with E-state index in [-0.39, 0.29) is 16.8 Å². The number of carbonyl (C=O) groups is 1. The molecule has 0 aliphatic carbocycles. The summed E-state index contributed by atoms with van der Waals surface area (Å²) in [4.78, 5) is 22.5. The molecule has 0 amide bonds. The lowest BCUT2D eigenvalue weighted by Gasteiger charge is -2.28. The van der Waals surface area contributed by atoms with Gasteiger partial charge in [0.15, 0.2) is 0 Å². The third kappa shape index (κ3) is 3.57. The van der Waals surface area contributed by atoms with Gasteiger partial charge in [0.25, 0.3) is 5.69 Å². The van der Waals surface area contributed by atoms with E-state index in [4.69, 9.17) is 16.7 Å². The molecule has 0 aromatic heterocycles. The fraction of sp³-hybridized carbons (Fsp3) is 0.417. The zero-order chi connectivity index (χ0) is 15.4. The highest BCUT2D eigenvalue weighted by atomic mass is 35.5. The molecule has 20 heavy (non-hydrogen) atoms. The zero-order valence-electron chi connectivity index (χ0n) is 11.0. The van der Waals surface area contributed by atoms with Crippen molar-refractivity contribution in [2.75, 3.05) is 11.4 Å². The quantitative estimate of drug-likeness (QED) is 0.645. The van der Waals surface area contributed by atoms with Gasteiger partial charge in [0.1, 0.15) is 18.0 Å². The van der Waals surface area contributed by atoms with Crippen LogP contribution in [0.5, 0.6) is 0 Å². The molecule has 1 aromatic rings. The number of carboxylic acid groups (broad SMARTS) is 1. The summed E-state index contributed by atoms with van der Waals surface area (Å²) in [5.74, 6) is -1.99. The van der Waals surface area contributed by atoms with Crippen molar-refractivity contribution in [3.63, 3.8) is 0 Å². The van der Waals surface area contributed by atoms with E-state index in [1.165, 1.54) is 4.90 Å². The molecule has 110 valence electrons. The highest BCUT2D eigenvalue weighted by Gasteiger charge is 2.26. The lowest BCUT2D eigenvalue weighted by molar-refractivity contribution is -0.384. The molecule has 1 aromatic carbocycles. The number of hydrogen-bond acceptors (Lipinski definition) is 4. The maximum Gasteiger partial charge on any atom is 0.323 e. The largest absolute Gasteiger partial charge is 0.480 e. The Labute approximate surface area is 119 Å². The van der Waals surface area contributed by atoms with E-state index in [0.29, 0.717) is 6.42 Å². The van der Waals surface area contributed by atoms with E-state index in [1.807, 2.05) is 0 Å². The molecule has 1 atom stereocenters. The monoisotopic (exact) mass is 304 g/mol. The number of halogens is 2. The normalized spacial score (nSPS) is 12.0. The fourth-order valence-corrected chi connectivity index (χ4v) is 1.90. The van der Waals surface area contributed by atoms with Crippen molar-refractivity contribution in [2.45, 2.75) is 26.3 Å². The Kier molecular flexibility index (Phi) is 5.26. The SMILES string of the molecule is CCC(C)N(CC(=O)O)c1cc(F)c(Cl)cc1[N+](=O)[O-]. The van der Waals surface area contributed by atoms with Gasteiger partial charge in [-0.2, -0.15) is 0 Å². The lowest BCUT2D eigenvalue weighted by Crippen LogP contribution is -2.37. The smallest absolute Gasteiger partial charge is 0.323 e. The van der Waals surface area contributed by atoms with Crippen LogP contribution in [0.3, 0.4) is 0 Å². The molecule has 8 heteroatoms. The Morgan fingerprint density at radius 3 is 2.65 bits per heavy atom. The van der Waals surface area contributed by atoms with Gasteiger partial charge < -0.3 is 10.0 Å². The van der Waals surface area contributed by atoms with Gasteiger partial charge in [0, 0.05) is 18.2 Å². The predicted molar refractivity (Wildman–Crippen MR) is 72.8 cm³/mol. The highest BCUT2D eigenvalue weighted by molar-refractivity contribution is 6.31. The Hall–Kier alpha value is -1.89. The van der Waals surface area contributed by atoms with Gasteiger partial charge in [-0.05, 0) is 13.3 Å². The van der Waals surface area contributed by atoms with E-state index < -0.39 is 28.9 Å². The minimum Gasteiger partial charge on any atom is -0.480 e. The molecular weight excluding hydrogens is 291 g/mol. The maximum atomic E-state index is 13.6. The summed E-state index contributed by atoms with van der Waals surface area (Å²) in [6.07, 6.45) is 0.550. The molecule has 1 N–H and O–H groups in total. The first kappa shape index (κ1) is 16.2. The average molecular weight is 305 g/mol. The molecular formula is C12H14ClFN2O4. The number of carboxylic acids is 1. The molecule has 0 radical (unpaired) electrons. The van der Waals surface area contributed by atoms with E-state index in [1.54, 1.807) is 13.8 Å². The second-order valence-electron chi connectivity index (χ2n) is 4.29. The van der Waals surface area contributed by atoms with Gasteiger partial charge in [-0.25, -0.2) is 4.39 Å². The van der Waals surface area contributed by atoms with Crippen molar-refractivity contribution in [1.82, 2.24) is 0 Å². The van der Waals surface area contributed by atoms with Crippen molar-refractivity contribution < 1.29 is 19.2 Å². The van der Waals surface area contributed by atoms with Crippen molar-refractivity contribution in [3.8, 4) is 0 Å². The Bertz CT molecular complexity index is 538. The number of anilines is 1. The van der Waals surface area contributed by atoms with E-state index in [2.05, 4.69) is 0 Å². The summed E-state index contributed by atoms with van der Waals surface area (Å²) in [6.45, 7) is 3.05. The zero-order valence-corrected chi connectivity index (χ0v) is 11.7. The minimum absolute atomic E-state index is 0.0892. The molecule has 1 unspecified atom stereocenters. The van der Waals surface area contributed by atoms with Crippen LogP contribution in [0.2, 0.25) is 5.02 Å². The second kappa shape index (κ2) is 6.51. The van der Waals surface area contributed by atoms with Gasteiger partial charge in [-0.3, -0.25) is 14.9 Å². The Morgan fingerprint density at radius 1 is 1.60 bits per heavy atom. The van der Waals surface area contributed by atoms with Gasteiger partial charge in [-0.15, -0.1) is 0 Å². The standard InChI is InChI=1S/C12H14ClFN2O4/c1-3-7(2)15(6-12(17)18)10-5-9(14)8(13)4-11(10)16(19)20/h4-5,7H,3,6H2,1-2H3,(H,17,18). The number of rotatable bonds is 6. The van der Waals surface area contributed by atoms with Gasteiger partial charge in [-0.1, -0.05) is 18.5 Å². The molecule has 6 nitrogen and oxygen atoms in total. The van der Waals surface area contributed by atoms with Crippen LogP contribution in [0.1, 0.15) is 20.3 Å². The first-order chi connectivity index (χ1) is 9.27. The first-order valence-electron chi connectivity index (χ1n) is 5.89. The minimum atomic E-state index is -1.16. The molecule has 0 bridgehead atoms. The molecule has 1 rings (SSSR count). The van der Waals surface area contributed by atoms with E-state index in [0.717, 1.165) is 12.1 Å². The molecule has 0 saturated heterocycles. The molecule has 0 heterocycles. The predicted octanol–water partition coefficient (Wildman–Crippen LogP) is 3.08. The second-order valence-corrected chi connectivity index (χ2v) is 4.70. The summed E-state index contributed by atoms with van der Waals surface area (Å²) in [6, 6.07) is 1.49. The summed E-state index contributed by atoms with van der Waals surface area (Å²) in [5.41, 5.74) is -0.508. The Morgan fingerprint density at radius 2 is 2.20 bits per heavy atom. The number of aliphatic carboxylic acids is 1. The summed E-state index contributed by atoms with van der Waals surface area (Å²) < 4.78 is 13.6. The van der Waals surface area contributed by atoms with E-state index >= 15 is 0 Å². The van der Waals surface area contributed by atoms with E-state index in [9.17, 15) is 19.3 Å². The van der Waals surface area contributed by atoms with Crippen LogP contribution in [-0.2, 0) is 4.79 Å². The number of hydrogen-bond donors (Lipinski definition) is 1. The van der Waals surface area contributed by atoms with Crippen LogP contribution in [-0.4, -0.2) is 28.6 Å². The third-order valence-corrected chi connectivity index (χ3v) is 3.24. The van der Waals surface area contributed by atoms with Crippen LogP contribution in [0.4, 0.5) is 15.8 Å². The summed E-state index contributed by atoms with van der Waals surface area (Å²) in [7, 11) is 0. The maximum absolute atomic E-state index is 13.6. The van der Waals surface area contributed by atoms with Crippen LogP contribution in [0, 0.1) is 15.9 Å². The topological polar surface area (TPSA) is 83.7 Å². The lowest BCUT2D eigenvalue weighted by atomic mass is 10.1. The van der Waals surface area contributed by atoms with Gasteiger partial charge >= 0.3 is 5.97 Å². The summed E-state index contributed by atoms with van der Waals surface area (Å²) >= 11 is 5.54. The molecule has 0 spiro atoms. The molecule has 0 aliphatic heterocycles. The number of nitro groups is 1. The van der Waals surface area contributed by atoms with Gasteiger partial charge in [0.2, 0.25) is 0 Å². The van der Waals surface area contributed by atoms with Crippen LogP contribution in [0.15, 0.2) is 12.1 Å². The fourth-order valence-electron chi connectivity index (χ4n) is 1.75. The molecule has 0 saturated carbocycles. The Balaban J connectivity index is 3.41. The number of benzene rings is 1. The molecule has 0 fully saturated rings. The average Bonchev–Trinajstić information content (AvgIpc) is 2.37. The molecule has 0 aliphatic rings. The number of nitro benzene ring substituents is 1. The third-order valence-electron chi connectivity index (χ3n) is 2.95. The highest BCUT2D eigenvalue weighted by Crippen LogP contribution is 2.34. The number of nitrogens with zero attached hydrogens (tertiary/aromatic N) is 2. The summed E-state index contributed by atoms with van der Waals surface area (Å²) in [5, 5.41) is 19.6. The van der Waals surface area contributed by atoms with Crippen molar-refractivity contribution in [2.24, 2.45) is 0 Å². The first-order valence-corrected chi connectivity index (χ1v) is 6.27. The van der Waals surface area contributed by atoms with Crippen LogP contribution in [0.25, 0.3) is 0 Å². The van der Waals surface area contributed by atoms with Gasteiger partial charge in [0.05, 0.1) is 9.95 Å². The van der Waals surface area contributed by atoms with Crippen molar-refractivity contribution in [1.29, 1.82) is 0 Å². The van der Waals surface area contributed by atoms with Crippen molar-refractivity contribution >= 4 is 28.9 Å². The van der Waals surface area contributed by atoms with Crippen molar-refractivity contribution in [3.05, 3.63) is 33.1 Å².